The summed E-state index contributed by atoms with van der Waals surface area (Å²) in [6, 6.07) is 16.0. The molecular weight excluding hydrogens is 230 g/mol. The molecule has 0 aliphatic heterocycles. The zero-order valence-electron chi connectivity index (χ0n) is 12.3. The van der Waals surface area contributed by atoms with Gasteiger partial charge >= 0.3 is 0 Å². The first-order valence-corrected chi connectivity index (χ1v) is 7.41. The Hall–Kier alpha value is -1.34. The van der Waals surface area contributed by atoms with Crippen LogP contribution in [0.2, 0.25) is 0 Å². The number of benzene rings is 2. The molecule has 0 aliphatic carbocycles. The van der Waals surface area contributed by atoms with Crippen molar-refractivity contribution in [1.82, 2.24) is 5.32 Å². The molecule has 0 spiro atoms. The van der Waals surface area contributed by atoms with Crippen molar-refractivity contribution >= 4 is 10.8 Å². The lowest BCUT2D eigenvalue weighted by molar-refractivity contribution is 0.397. The molecular formula is C18H25N. The van der Waals surface area contributed by atoms with Crippen molar-refractivity contribution in [1.29, 1.82) is 0 Å². The second-order valence-electron chi connectivity index (χ2n) is 5.69. The highest BCUT2D eigenvalue weighted by atomic mass is 14.9. The van der Waals surface area contributed by atoms with Crippen molar-refractivity contribution in [3.8, 4) is 0 Å². The lowest BCUT2D eigenvalue weighted by Crippen LogP contribution is -2.36. The Morgan fingerprint density at radius 3 is 2.42 bits per heavy atom. The summed E-state index contributed by atoms with van der Waals surface area (Å²) in [4.78, 5) is 0. The number of fused-ring (bicyclic) bond motifs is 1. The fourth-order valence-corrected chi connectivity index (χ4v) is 2.49. The van der Waals surface area contributed by atoms with Crippen LogP contribution in [0.3, 0.4) is 0 Å². The fraction of sp³-hybridized carbons (Fsp3) is 0.444. The molecule has 0 saturated carbocycles. The summed E-state index contributed by atoms with van der Waals surface area (Å²) in [5.74, 6) is 0.665. The van der Waals surface area contributed by atoms with Crippen LogP contribution >= 0.6 is 0 Å². The van der Waals surface area contributed by atoms with E-state index in [9.17, 15) is 0 Å². The van der Waals surface area contributed by atoms with E-state index >= 15 is 0 Å². The molecule has 1 atom stereocenters. The lowest BCUT2D eigenvalue weighted by atomic mass is 9.95. The standard InChI is InChI=1S/C18H25N/c1-4-11-19-18(14(2)3)13-15-9-10-16-7-5-6-8-17(16)12-15/h5-10,12,14,18-19H,4,11,13H2,1-3H3. The smallest absolute Gasteiger partial charge is 0.0130 e. The number of hydrogen-bond acceptors (Lipinski definition) is 1. The third kappa shape index (κ3) is 3.81. The zero-order chi connectivity index (χ0) is 13.7. The highest BCUT2D eigenvalue weighted by molar-refractivity contribution is 5.82. The van der Waals surface area contributed by atoms with E-state index < -0.39 is 0 Å². The van der Waals surface area contributed by atoms with Crippen LogP contribution in [-0.2, 0) is 6.42 Å². The second kappa shape index (κ2) is 6.72. The van der Waals surface area contributed by atoms with Gasteiger partial charge in [0, 0.05) is 6.04 Å². The molecule has 0 fully saturated rings. The first-order chi connectivity index (χ1) is 9.20. The quantitative estimate of drug-likeness (QED) is 0.806. The summed E-state index contributed by atoms with van der Waals surface area (Å²) >= 11 is 0. The van der Waals surface area contributed by atoms with E-state index in [1.807, 2.05) is 0 Å². The van der Waals surface area contributed by atoms with Crippen molar-refractivity contribution in [2.24, 2.45) is 5.92 Å². The molecule has 0 saturated heterocycles. The highest BCUT2D eigenvalue weighted by Gasteiger charge is 2.13. The lowest BCUT2D eigenvalue weighted by Gasteiger charge is -2.22. The van der Waals surface area contributed by atoms with Crippen molar-refractivity contribution in [2.45, 2.75) is 39.7 Å². The minimum absolute atomic E-state index is 0.570. The molecule has 102 valence electrons. The van der Waals surface area contributed by atoms with Gasteiger partial charge in [0.15, 0.2) is 0 Å². The minimum Gasteiger partial charge on any atom is -0.313 e. The molecule has 1 heteroatoms. The van der Waals surface area contributed by atoms with E-state index in [1.165, 1.54) is 22.8 Å². The Morgan fingerprint density at radius 1 is 1.00 bits per heavy atom. The average Bonchev–Trinajstić information content (AvgIpc) is 2.43. The molecule has 0 amide bonds. The Labute approximate surface area is 117 Å². The van der Waals surface area contributed by atoms with Crippen LogP contribution in [0.4, 0.5) is 0 Å². The molecule has 19 heavy (non-hydrogen) atoms. The normalized spacial score (nSPS) is 13.1. The maximum Gasteiger partial charge on any atom is 0.0130 e. The molecule has 1 unspecified atom stereocenters. The summed E-state index contributed by atoms with van der Waals surface area (Å²) in [7, 11) is 0. The molecule has 2 rings (SSSR count). The molecule has 1 N–H and O–H groups in total. The van der Waals surface area contributed by atoms with Crippen LogP contribution < -0.4 is 5.32 Å². The van der Waals surface area contributed by atoms with Crippen molar-refractivity contribution in [3.63, 3.8) is 0 Å². The topological polar surface area (TPSA) is 12.0 Å². The van der Waals surface area contributed by atoms with Crippen LogP contribution in [0.15, 0.2) is 42.5 Å². The SMILES string of the molecule is CCCNC(Cc1ccc2ccccc2c1)C(C)C. The summed E-state index contributed by atoms with van der Waals surface area (Å²) in [6.45, 7) is 7.93. The molecule has 0 heterocycles. The van der Waals surface area contributed by atoms with Gasteiger partial charge in [0.2, 0.25) is 0 Å². The van der Waals surface area contributed by atoms with Crippen molar-refractivity contribution < 1.29 is 0 Å². The van der Waals surface area contributed by atoms with E-state index in [-0.39, 0.29) is 0 Å². The van der Waals surface area contributed by atoms with E-state index in [0.717, 1.165) is 13.0 Å². The van der Waals surface area contributed by atoms with Gasteiger partial charge in [0.1, 0.15) is 0 Å². The van der Waals surface area contributed by atoms with Crippen LogP contribution in [0.5, 0.6) is 0 Å². The summed E-state index contributed by atoms with van der Waals surface area (Å²) in [5.41, 5.74) is 1.43. The molecule has 2 aromatic rings. The number of nitrogens with one attached hydrogen (secondary N) is 1. The van der Waals surface area contributed by atoms with Crippen LogP contribution in [0, 0.1) is 5.92 Å². The van der Waals surface area contributed by atoms with E-state index in [2.05, 4.69) is 68.6 Å². The maximum absolute atomic E-state index is 3.67. The fourth-order valence-electron chi connectivity index (χ4n) is 2.49. The highest BCUT2D eigenvalue weighted by Crippen LogP contribution is 2.18. The second-order valence-corrected chi connectivity index (χ2v) is 5.69. The van der Waals surface area contributed by atoms with Gasteiger partial charge in [-0.3, -0.25) is 0 Å². The Morgan fingerprint density at radius 2 is 1.74 bits per heavy atom. The third-order valence-corrected chi connectivity index (χ3v) is 3.73. The van der Waals surface area contributed by atoms with Crippen LogP contribution in [0.1, 0.15) is 32.8 Å². The third-order valence-electron chi connectivity index (χ3n) is 3.73. The maximum atomic E-state index is 3.67. The van der Waals surface area contributed by atoms with Gasteiger partial charge in [-0.1, -0.05) is 63.2 Å². The summed E-state index contributed by atoms with van der Waals surface area (Å²) < 4.78 is 0. The van der Waals surface area contributed by atoms with E-state index in [1.54, 1.807) is 0 Å². The van der Waals surface area contributed by atoms with Crippen LogP contribution in [0.25, 0.3) is 10.8 Å². The van der Waals surface area contributed by atoms with Crippen molar-refractivity contribution in [2.75, 3.05) is 6.54 Å². The zero-order valence-corrected chi connectivity index (χ0v) is 12.3. The first kappa shape index (κ1) is 14.1. The molecule has 1 nitrogen and oxygen atoms in total. The molecule has 0 radical (unpaired) electrons. The molecule has 0 aromatic heterocycles. The molecule has 0 aliphatic rings. The monoisotopic (exact) mass is 255 g/mol. The average molecular weight is 255 g/mol. The number of rotatable bonds is 6. The Balaban J connectivity index is 2.14. The van der Waals surface area contributed by atoms with Gasteiger partial charge in [-0.25, -0.2) is 0 Å². The number of hydrogen-bond donors (Lipinski definition) is 1. The Bertz CT molecular complexity index is 516. The van der Waals surface area contributed by atoms with Crippen LogP contribution in [-0.4, -0.2) is 12.6 Å². The van der Waals surface area contributed by atoms with Gasteiger partial charge in [0.05, 0.1) is 0 Å². The van der Waals surface area contributed by atoms with Gasteiger partial charge in [-0.15, -0.1) is 0 Å². The van der Waals surface area contributed by atoms with Crippen molar-refractivity contribution in [3.05, 3.63) is 48.0 Å². The van der Waals surface area contributed by atoms with Gasteiger partial charge in [-0.05, 0) is 41.6 Å². The molecule has 0 bridgehead atoms. The van der Waals surface area contributed by atoms with Gasteiger partial charge in [0.25, 0.3) is 0 Å². The van der Waals surface area contributed by atoms with E-state index in [0.29, 0.717) is 12.0 Å². The van der Waals surface area contributed by atoms with Gasteiger partial charge < -0.3 is 5.32 Å². The summed E-state index contributed by atoms with van der Waals surface area (Å²) in [6.07, 6.45) is 2.31. The summed E-state index contributed by atoms with van der Waals surface area (Å²) in [5, 5.41) is 6.34. The molecule has 2 aromatic carbocycles. The Kier molecular flexibility index (Phi) is 4.98. The minimum atomic E-state index is 0.570. The predicted molar refractivity (Wildman–Crippen MR) is 84.6 cm³/mol. The predicted octanol–water partition coefficient (Wildman–Crippen LogP) is 4.41. The van der Waals surface area contributed by atoms with E-state index in [4.69, 9.17) is 0 Å². The van der Waals surface area contributed by atoms with Gasteiger partial charge in [-0.2, -0.15) is 0 Å². The largest absolute Gasteiger partial charge is 0.313 e. The first-order valence-electron chi connectivity index (χ1n) is 7.41.